The molecule has 0 bridgehead atoms. The van der Waals surface area contributed by atoms with Crippen LogP contribution in [-0.4, -0.2) is 0 Å². The lowest BCUT2D eigenvalue weighted by atomic mass is 9.83. The van der Waals surface area contributed by atoms with Gasteiger partial charge in [-0.2, -0.15) is 0 Å². The molecule has 0 N–H and O–H groups in total. The Bertz CT molecular complexity index is 185. The highest BCUT2D eigenvalue weighted by molar-refractivity contribution is 5.06. The van der Waals surface area contributed by atoms with Gasteiger partial charge in [-0.05, 0) is 44.4 Å². The van der Waals surface area contributed by atoms with Crippen LogP contribution in [0.4, 0.5) is 0 Å². The molecule has 0 aromatic heterocycles. The van der Waals surface area contributed by atoms with Crippen LogP contribution in [0.15, 0.2) is 11.6 Å². The van der Waals surface area contributed by atoms with Crippen LogP contribution >= 0.6 is 0 Å². The van der Waals surface area contributed by atoms with Crippen molar-refractivity contribution in [2.75, 3.05) is 0 Å². The summed E-state index contributed by atoms with van der Waals surface area (Å²) >= 11 is 0. The number of allylic oxidation sites excluding steroid dienone is 2. The van der Waals surface area contributed by atoms with E-state index < -0.39 is 0 Å². The van der Waals surface area contributed by atoms with E-state index in [9.17, 15) is 0 Å². The summed E-state index contributed by atoms with van der Waals surface area (Å²) in [6.45, 7) is 2.29. The predicted molar refractivity (Wildman–Crippen MR) is 53.7 cm³/mol. The van der Waals surface area contributed by atoms with E-state index in [4.69, 9.17) is 0 Å². The zero-order valence-electron chi connectivity index (χ0n) is 7.92. The predicted octanol–water partition coefficient (Wildman–Crippen LogP) is 3.39. The minimum absolute atomic E-state index is 1.07. The average molecular weight is 162 g/mol. The summed E-state index contributed by atoms with van der Waals surface area (Å²) in [7, 11) is 0. The van der Waals surface area contributed by atoms with E-state index in [-0.39, 0.29) is 0 Å². The van der Waals surface area contributed by atoms with Crippen molar-refractivity contribution in [3.05, 3.63) is 11.6 Å². The second-order valence-corrected chi connectivity index (χ2v) is 3.94. The number of rotatable bonds is 0. The maximum absolute atomic E-state index is 4.00. The molecule has 0 nitrogen and oxygen atoms in total. The Morgan fingerprint density at radius 3 is 2.67 bits per heavy atom. The fraction of sp³-hybridized carbons (Fsp3) is 0.667. The highest BCUT2D eigenvalue weighted by Gasteiger charge is 2.28. The zero-order chi connectivity index (χ0) is 8.97. The van der Waals surface area contributed by atoms with Crippen LogP contribution in [-0.2, 0) is 0 Å². The van der Waals surface area contributed by atoms with Crippen LogP contribution in [0.5, 0.6) is 0 Å². The molecule has 0 radical (unpaired) electrons. The summed E-state index contributed by atoms with van der Waals surface area (Å²) in [5, 5.41) is 0. The summed E-state index contributed by atoms with van der Waals surface area (Å²) in [4.78, 5) is 0. The van der Waals surface area contributed by atoms with Gasteiger partial charge in [0.25, 0.3) is 0 Å². The zero-order valence-corrected chi connectivity index (χ0v) is 7.92. The molecule has 1 fully saturated rings. The quantitative estimate of drug-likeness (QED) is 0.378. The standard InChI is InChI=1S/C10H16.C2H2/c1-8-5-6-9-3-2-4-10(9)7-8;1-2/h5,9-10H,2-4,6-7H2,1H3;1-2H. The molecule has 0 aromatic carbocycles. The van der Waals surface area contributed by atoms with Crippen molar-refractivity contribution in [1.29, 1.82) is 0 Å². The molecule has 0 heterocycles. The molecule has 0 spiro atoms. The second kappa shape index (κ2) is 4.36. The summed E-state index contributed by atoms with van der Waals surface area (Å²) in [6, 6.07) is 0. The fourth-order valence-electron chi connectivity index (χ4n) is 2.54. The lowest BCUT2D eigenvalue weighted by Gasteiger charge is -2.23. The monoisotopic (exact) mass is 162 g/mol. The van der Waals surface area contributed by atoms with E-state index in [2.05, 4.69) is 25.8 Å². The number of hydrogen-bond donors (Lipinski definition) is 0. The van der Waals surface area contributed by atoms with Crippen LogP contribution < -0.4 is 0 Å². The van der Waals surface area contributed by atoms with Crippen LogP contribution in [0.3, 0.4) is 0 Å². The molecule has 0 aromatic rings. The molecular formula is C12H18. The Morgan fingerprint density at radius 2 is 1.92 bits per heavy atom. The van der Waals surface area contributed by atoms with Crippen molar-refractivity contribution in [2.45, 2.75) is 39.0 Å². The van der Waals surface area contributed by atoms with E-state index in [0.29, 0.717) is 0 Å². The highest BCUT2D eigenvalue weighted by atomic mass is 14.3. The van der Waals surface area contributed by atoms with Gasteiger partial charge < -0.3 is 0 Å². The number of fused-ring (bicyclic) bond motifs is 1. The van der Waals surface area contributed by atoms with Crippen LogP contribution in [0.25, 0.3) is 0 Å². The first-order valence-electron chi connectivity index (χ1n) is 4.85. The van der Waals surface area contributed by atoms with Gasteiger partial charge in [0.05, 0.1) is 0 Å². The first kappa shape index (κ1) is 9.39. The first-order chi connectivity index (χ1) is 5.86. The van der Waals surface area contributed by atoms with Gasteiger partial charge in [0.15, 0.2) is 0 Å². The largest absolute Gasteiger partial charge is 0.124 e. The van der Waals surface area contributed by atoms with Crippen molar-refractivity contribution >= 4 is 0 Å². The maximum atomic E-state index is 4.00. The molecule has 0 amide bonds. The van der Waals surface area contributed by atoms with Crippen molar-refractivity contribution in [3.8, 4) is 12.8 Å². The summed E-state index contributed by atoms with van der Waals surface area (Å²) < 4.78 is 0. The van der Waals surface area contributed by atoms with Crippen LogP contribution in [0.2, 0.25) is 0 Å². The first-order valence-corrected chi connectivity index (χ1v) is 4.85. The topological polar surface area (TPSA) is 0 Å². The number of hydrogen-bond acceptors (Lipinski definition) is 0. The minimum Gasteiger partial charge on any atom is -0.124 e. The molecule has 12 heavy (non-hydrogen) atoms. The van der Waals surface area contributed by atoms with Crippen molar-refractivity contribution in [2.24, 2.45) is 11.8 Å². The van der Waals surface area contributed by atoms with Crippen LogP contribution in [0.1, 0.15) is 39.0 Å². The Labute approximate surface area is 76.1 Å². The van der Waals surface area contributed by atoms with Gasteiger partial charge in [-0.25, -0.2) is 0 Å². The molecule has 0 aliphatic heterocycles. The lowest BCUT2D eigenvalue weighted by molar-refractivity contribution is 0.369. The van der Waals surface area contributed by atoms with Crippen LogP contribution in [0, 0.1) is 24.7 Å². The molecule has 2 unspecified atom stereocenters. The molecule has 2 atom stereocenters. The van der Waals surface area contributed by atoms with E-state index in [0.717, 1.165) is 11.8 Å². The third kappa shape index (κ3) is 1.91. The highest BCUT2D eigenvalue weighted by Crippen LogP contribution is 2.41. The molecule has 66 valence electrons. The molecule has 0 saturated heterocycles. The summed E-state index contributed by atoms with van der Waals surface area (Å²) in [5.74, 6) is 2.15. The molecule has 0 heteroatoms. The van der Waals surface area contributed by atoms with Crippen molar-refractivity contribution in [1.82, 2.24) is 0 Å². The van der Waals surface area contributed by atoms with E-state index in [1.807, 2.05) is 0 Å². The smallest absolute Gasteiger partial charge is 0.0292 e. The van der Waals surface area contributed by atoms with E-state index in [1.54, 1.807) is 5.57 Å². The third-order valence-electron chi connectivity index (χ3n) is 3.17. The van der Waals surface area contributed by atoms with Gasteiger partial charge in [0.2, 0.25) is 0 Å². The molecular weight excluding hydrogens is 144 g/mol. The fourth-order valence-corrected chi connectivity index (χ4v) is 2.54. The van der Waals surface area contributed by atoms with Crippen molar-refractivity contribution in [3.63, 3.8) is 0 Å². The molecule has 2 rings (SSSR count). The minimum atomic E-state index is 1.07. The average Bonchev–Trinajstić information content (AvgIpc) is 2.54. The Morgan fingerprint density at radius 1 is 1.25 bits per heavy atom. The molecule has 2 aliphatic rings. The Kier molecular flexibility index (Phi) is 3.41. The van der Waals surface area contributed by atoms with Gasteiger partial charge in [0, 0.05) is 0 Å². The van der Waals surface area contributed by atoms with Gasteiger partial charge in [-0.15, -0.1) is 12.8 Å². The molecule has 2 aliphatic carbocycles. The maximum Gasteiger partial charge on any atom is -0.0292 e. The Balaban J connectivity index is 0.000000336. The third-order valence-corrected chi connectivity index (χ3v) is 3.17. The molecule has 1 saturated carbocycles. The Hall–Kier alpha value is -0.700. The lowest BCUT2D eigenvalue weighted by Crippen LogP contribution is -2.11. The summed E-state index contributed by atoms with van der Waals surface area (Å²) in [6.07, 6.45) is 17.8. The van der Waals surface area contributed by atoms with E-state index in [1.165, 1.54) is 32.1 Å². The van der Waals surface area contributed by atoms with Gasteiger partial charge in [0.1, 0.15) is 0 Å². The SMILES string of the molecule is C#C.CC1=CCC2CCCC2C1. The number of terminal acetylenes is 1. The van der Waals surface area contributed by atoms with Gasteiger partial charge >= 0.3 is 0 Å². The normalized spacial score (nSPS) is 32.8. The van der Waals surface area contributed by atoms with Crippen molar-refractivity contribution < 1.29 is 0 Å². The summed E-state index contributed by atoms with van der Waals surface area (Å²) in [5.41, 5.74) is 1.64. The van der Waals surface area contributed by atoms with Gasteiger partial charge in [-0.1, -0.05) is 18.1 Å². The second-order valence-electron chi connectivity index (χ2n) is 3.94. The van der Waals surface area contributed by atoms with E-state index >= 15 is 0 Å². The van der Waals surface area contributed by atoms with Gasteiger partial charge in [-0.3, -0.25) is 0 Å².